The number of hydrogen-bond acceptors (Lipinski definition) is 3. The molecule has 0 fully saturated rings. The second-order valence-electron chi connectivity index (χ2n) is 8.57. The van der Waals surface area contributed by atoms with E-state index in [0.717, 1.165) is 23.3 Å². The van der Waals surface area contributed by atoms with Crippen molar-refractivity contribution in [3.05, 3.63) is 76.0 Å². The van der Waals surface area contributed by atoms with Gasteiger partial charge in [-0.05, 0) is 53.8 Å². The summed E-state index contributed by atoms with van der Waals surface area (Å²) < 4.78 is 39.9. The Labute approximate surface area is 189 Å². The average molecular weight is 453 g/mol. The molecule has 1 heterocycles. The molecule has 1 aliphatic carbocycles. The number of benzene rings is 2. The monoisotopic (exact) mass is 453 g/mol. The molecule has 1 aliphatic heterocycles. The van der Waals surface area contributed by atoms with Crippen LogP contribution in [0.2, 0.25) is 0 Å². The number of allylic oxidation sites excluding steroid dienone is 1. The number of rotatable bonds is 3. The van der Waals surface area contributed by atoms with E-state index in [9.17, 15) is 28.0 Å². The van der Waals surface area contributed by atoms with Gasteiger partial charge in [0.15, 0.2) is 5.78 Å². The third-order valence-electron chi connectivity index (χ3n) is 6.19. The number of ketones is 1. The van der Waals surface area contributed by atoms with Crippen LogP contribution < -0.4 is 4.90 Å². The summed E-state index contributed by atoms with van der Waals surface area (Å²) in [6.07, 6.45) is -4.10. The highest BCUT2D eigenvalue weighted by molar-refractivity contribution is 6.08. The van der Waals surface area contributed by atoms with Crippen LogP contribution in [0.15, 0.2) is 53.7 Å². The van der Waals surface area contributed by atoms with E-state index >= 15 is 0 Å². The highest BCUT2D eigenvalue weighted by Gasteiger charge is 2.45. The number of likely N-dealkylation sites (N-methyl/N-ethyl adjacent to an activating group) is 1. The molecule has 2 amide bonds. The Kier molecular flexibility index (Phi) is 5.52. The molecular weight excluding hydrogens is 431 g/mol. The zero-order chi connectivity index (χ0) is 24.1. The standard InChI is InChI=1S/C25H22F3N3O2/c1-14(2)19-11-15(13-29)7-8-18(19)23-22-20(9-10-21(22)32)31(24(33)30(23)3)17-6-4-5-16(12-17)25(26,27)28/h4-8,11-12,14,23H,9-10H2,1-3H3/t23-/m1/s1. The Morgan fingerprint density at radius 1 is 1.09 bits per heavy atom. The number of carbonyl (C=O) groups is 2. The maximum Gasteiger partial charge on any atom is 0.416 e. The van der Waals surface area contributed by atoms with Gasteiger partial charge in [0.2, 0.25) is 0 Å². The van der Waals surface area contributed by atoms with E-state index < -0.39 is 23.8 Å². The van der Waals surface area contributed by atoms with Crippen molar-refractivity contribution in [3.8, 4) is 6.07 Å². The minimum atomic E-state index is -4.55. The lowest BCUT2D eigenvalue weighted by Crippen LogP contribution is -2.48. The van der Waals surface area contributed by atoms with Gasteiger partial charge in [-0.3, -0.25) is 9.69 Å². The molecule has 8 heteroatoms. The molecule has 2 aromatic carbocycles. The van der Waals surface area contributed by atoms with Crippen molar-refractivity contribution in [2.45, 2.75) is 44.8 Å². The van der Waals surface area contributed by atoms with E-state index in [1.165, 1.54) is 21.9 Å². The fraction of sp³-hybridized carbons (Fsp3) is 0.320. The molecule has 33 heavy (non-hydrogen) atoms. The number of amides is 2. The fourth-order valence-corrected chi connectivity index (χ4v) is 4.63. The van der Waals surface area contributed by atoms with Crippen LogP contribution in [0.5, 0.6) is 0 Å². The quantitative estimate of drug-likeness (QED) is 0.579. The number of Topliss-reactive ketones (excluding diaryl/α,β-unsaturated/α-hetero) is 1. The highest BCUT2D eigenvalue weighted by atomic mass is 19.4. The zero-order valence-corrected chi connectivity index (χ0v) is 18.4. The third kappa shape index (κ3) is 3.78. The Morgan fingerprint density at radius 2 is 1.82 bits per heavy atom. The van der Waals surface area contributed by atoms with Gasteiger partial charge < -0.3 is 4.90 Å². The molecular formula is C25H22F3N3O2. The minimum Gasteiger partial charge on any atom is -0.316 e. The van der Waals surface area contributed by atoms with E-state index in [1.807, 2.05) is 13.8 Å². The minimum absolute atomic E-state index is 0.0267. The van der Waals surface area contributed by atoms with Crippen LogP contribution in [0.4, 0.5) is 23.7 Å². The van der Waals surface area contributed by atoms with E-state index in [1.54, 1.807) is 25.2 Å². The normalized spacial score (nSPS) is 18.8. The molecule has 1 atom stereocenters. The molecule has 2 aromatic rings. The zero-order valence-electron chi connectivity index (χ0n) is 18.4. The molecule has 0 aromatic heterocycles. The largest absolute Gasteiger partial charge is 0.416 e. The molecule has 0 saturated carbocycles. The molecule has 4 rings (SSSR count). The lowest BCUT2D eigenvalue weighted by molar-refractivity contribution is -0.137. The molecule has 0 bridgehead atoms. The predicted molar refractivity (Wildman–Crippen MR) is 116 cm³/mol. The lowest BCUT2D eigenvalue weighted by atomic mass is 9.85. The van der Waals surface area contributed by atoms with Crippen LogP contribution in [0.1, 0.15) is 60.9 Å². The second-order valence-corrected chi connectivity index (χ2v) is 8.57. The summed E-state index contributed by atoms with van der Waals surface area (Å²) in [4.78, 5) is 29.1. The summed E-state index contributed by atoms with van der Waals surface area (Å²) in [6, 6.07) is 10.7. The number of nitrogens with zero attached hydrogens (tertiary/aromatic N) is 3. The van der Waals surface area contributed by atoms with Gasteiger partial charge in [0.25, 0.3) is 0 Å². The molecule has 0 spiro atoms. The summed E-state index contributed by atoms with van der Waals surface area (Å²) >= 11 is 0. The van der Waals surface area contributed by atoms with E-state index in [2.05, 4.69) is 6.07 Å². The van der Waals surface area contributed by atoms with Crippen LogP contribution in [0.25, 0.3) is 0 Å². The number of hydrogen-bond donors (Lipinski definition) is 0. The number of nitriles is 1. The van der Waals surface area contributed by atoms with E-state index in [-0.39, 0.29) is 30.2 Å². The summed E-state index contributed by atoms with van der Waals surface area (Å²) in [7, 11) is 1.55. The van der Waals surface area contributed by atoms with Gasteiger partial charge in [-0.15, -0.1) is 0 Å². The first-order chi connectivity index (χ1) is 15.5. The van der Waals surface area contributed by atoms with Gasteiger partial charge in [-0.1, -0.05) is 26.0 Å². The smallest absolute Gasteiger partial charge is 0.316 e. The highest BCUT2D eigenvalue weighted by Crippen LogP contribution is 2.46. The first-order valence-electron chi connectivity index (χ1n) is 10.6. The first-order valence-corrected chi connectivity index (χ1v) is 10.6. The van der Waals surface area contributed by atoms with Gasteiger partial charge in [0, 0.05) is 24.7 Å². The molecule has 0 saturated heterocycles. The summed E-state index contributed by atoms with van der Waals surface area (Å²) in [5.41, 5.74) is 2.13. The van der Waals surface area contributed by atoms with Crippen LogP contribution >= 0.6 is 0 Å². The number of urea groups is 1. The molecule has 2 aliphatic rings. The average Bonchev–Trinajstić information content (AvgIpc) is 3.14. The van der Waals surface area contributed by atoms with Gasteiger partial charge in [0.1, 0.15) is 0 Å². The molecule has 0 unspecified atom stereocenters. The SMILES string of the molecule is CC(C)c1cc(C#N)ccc1[C@@H]1C2=C(CCC2=O)N(c2cccc(C(F)(F)F)c2)C(=O)N1C. The maximum atomic E-state index is 13.5. The molecule has 170 valence electrons. The summed E-state index contributed by atoms with van der Waals surface area (Å²) in [5.74, 6) is -0.107. The van der Waals surface area contributed by atoms with Gasteiger partial charge in [-0.2, -0.15) is 18.4 Å². The maximum absolute atomic E-state index is 13.5. The van der Waals surface area contributed by atoms with Crippen molar-refractivity contribution >= 4 is 17.5 Å². The van der Waals surface area contributed by atoms with Crippen LogP contribution in [0.3, 0.4) is 0 Å². The Bertz CT molecular complexity index is 1220. The van der Waals surface area contributed by atoms with Crippen molar-refractivity contribution in [3.63, 3.8) is 0 Å². The van der Waals surface area contributed by atoms with Crippen LogP contribution in [-0.4, -0.2) is 23.8 Å². The van der Waals surface area contributed by atoms with E-state index in [0.29, 0.717) is 16.8 Å². The number of carbonyl (C=O) groups excluding carboxylic acids is 2. The fourth-order valence-electron chi connectivity index (χ4n) is 4.63. The van der Waals surface area contributed by atoms with Crippen LogP contribution in [0, 0.1) is 11.3 Å². The first kappa shape index (κ1) is 22.6. The predicted octanol–water partition coefficient (Wildman–Crippen LogP) is 5.93. The van der Waals surface area contributed by atoms with Crippen molar-refractivity contribution in [2.24, 2.45) is 0 Å². The molecule has 5 nitrogen and oxygen atoms in total. The number of alkyl halides is 3. The molecule has 0 radical (unpaired) electrons. The van der Waals surface area contributed by atoms with Gasteiger partial charge in [0.05, 0.1) is 28.9 Å². The Balaban J connectivity index is 1.91. The second kappa shape index (κ2) is 8.07. The van der Waals surface area contributed by atoms with Crippen molar-refractivity contribution in [1.82, 2.24) is 4.90 Å². The van der Waals surface area contributed by atoms with Gasteiger partial charge >= 0.3 is 12.2 Å². The number of halogens is 3. The topological polar surface area (TPSA) is 64.4 Å². The van der Waals surface area contributed by atoms with Crippen molar-refractivity contribution < 1.29 is 22.8 Å². The summed E-state index contributed by atoms with van der Waals surface area (Å²) in [6.45, 7) is 3.93. The van der Waals surface area contributed by atoms with Crippen molar-refractivity contribution in [1.29, 1.82) is 5.26 Å². The number of anilines is 1. The Hall–Kier alpha value is -3.60. The van der Waals surface area contributed by atoms with Crippen LogP contribution in [-0.2, 0) is 11.0 Å². The Morgan fingerprint density at radius 3 is 2.45 bits per heavy atom. The molecule has 0 N–H and O–H groups in total. The lowest BCUT2D eigenvalue weighted by Gasteiger charge is -2.41. The third-order valence-corrected chi connectivity index (χ3v) is 6.19. The summed E-state index contributed by atoms with van der Waals surface area (Å²) in [5, 5.41) is 9.31. The van der Waals surface area contributed by atoms with Crippen molar-refractivity contribution in [2.75, 3.05) is 11.9 Å². The van der Waals surface area contributed by atoms with Gasteiger partial charge in [-0.25, -0.2) is 4.79 Å². The van der Waals surface area contributed by atoms with E-state index in [4.69, 9.17) is 0 Å².